The Morgan fingerprint density at radius 3 is 2.78 bits per heavy atom. The molecule has 0 saturated heterocycles. The van der Waals surface area contributed by atoms with E-state index >= 15 is 0 Å². The smallest absolute Gasteiger partial charge is 0.251 e. The first-order chi connectivity index (χ1) is 11.2. The number of aromatic nitrogens is 2. The minimum Gasteiger partial charge on any atom is -0.394 e. The molecule has 1 atom stereocenters. The van der Waals surface area contributed by atoms with Crippen molar-refractivity contribution in [2.75, 3.05) is 6.61 Å². The van der Waals surface area contributed by atoms with Crippen LogP contribution in [0.2, 0.25) is 0 Å². The minimum absolute atomic E-state index is 0.0635. The van der Waals surface area contributed by atoms with E-state index in [0.717, 1.165) is 11.3 Å². The molecule has 3 rings (SSSR count). The monoisotopic (exact) mass is 309 g/mol. The van der Waals surface area contributed by atoms with Crippen molar-refractivity contribution in [1.82, 2.24) is 14.7 Å². The number of aliphatic hydroxyl groups is 1. The van der Waals surface area contributed by atoms with Gasteiger partial charge in [-0.25, -0.2) is 4.98 Å². The molecule has 0 aliphatic rings. The van der Waals surface area contributed by atoms with E-state index in [1.165, 1.54) is 0 Å². The SMILES string of the molecule is CCC(CO)NC(=O)c1ccn2cc(-c3ccccc3)nc2c1. The van der Waals surface area contributed by atoms with Gasteiger partial charge in [-0.15, -0.1) is 0 Å². The molecule has 0 radical (unpaired) electrons. The van der Waals surface area contributed by atoms with Crippen LogP contribution in [0.1, 0.15) is 23.7 Å². The summed E-state index contributed by atoms with van der Waals surface area (Å²) < 4.78 is 1.89. The van der Waals surface area contributed by atoms with E-state index in [2.05, 4.69) is 10.3 Å². The molecule has 1 aromatic carbocycles. The van der Waals surface area contributed by atoms with Crippen molar-refractivity contribution in [3.8, 4) is 11.3 Å². The lowest BCUT2D eigenvalue weighted by molar-refractivity contribution is 0.0915. The fourth-order valence-corrected chi connectivity index (χ4v) is 2.42. The van der Waals surface area contributed by atoms with Crippen LogP contribution in [0, 0.1) is 0 Å². The van der Waals surface area contributed by atoms with Crippen molar-refractivity contribution in [1.29, 1.82) is 0 Å². The minimum atomic E-state index is -0.224. The van der Waals surface area contributed by atoms with Gasteiger partial charge in [-0.3, -0.25) is 4.79 Å². The molecule has 2 heterocycles. The third kappa shape index (κ3) is 3.24. The van der Waals surface area contributed by atoms with Crippen LogP contribution in [0.25, 0.3) is 16.9 Å². The Morgan fingerprint density at radius 2 is 2.09 bits per heavy atom. The van der Waals surface area contributed by atoms with Gasteiger partial charge in [0.1, 0.15) is 5.65 Å². The van der Waals surface area contributed by atoms with Crippen LogP contribution in [0.15, 0.2) is 54.9 Å². The molecule has 2 aromatic heterocycles. The molecule has 0 spiro atoms. The van der Waals surface area contributed by atoms with Crippen molar-refractivity contribution < 1.29 is 9.90 Å². The molecular weight excluding hydrogens is 290 g/mol. The Labute approximate surface area is 134 Å². The maximum absolute atomic E-state index is 12.2. The Kier molecular flexibility index (Phi) is 4.39. The molecule has 1 unspecified atom stereocenters. The predicted octanol–water partition coefficient (Wildman–Crippen LogP) is 2.50. The first kappa shape index (κ1) is 15.2. The number of imidazole rings is 1. The highest BCUT2D eigenvalue weighted by Crippen LogP contribution is 2.19. The lowest BCUT2D eigenvalue weighted by Crippen LogP contribution is -2.36. The Hall–Kier alpha value is -2.66. The summed E-state index contributed by atoms with van der Waals surface area (Å²) in [6.07, 6.45) is 4.45. The van der Waals surface area contributed by atoms with Crippen LogP contribution < -0.4 is 5.32 Å². The number of carbonyl (C=O) groups is 1. The third-order valence-electron chi connectivity index (χ3n) is 3.84. The molecule has 5 heteroatoms. The number of amides is 1. The van der Waals surface area contributed by atoms with Gasteiger partial charge >= 0.3 is 0 Å². The van der Waals surface area contributed by atoms with Crippen molar-refractivity contribution >= 4 is 11.6 Å². The predicted molar refractivity (Wildman–Crippen MR) is 89.3 cm³/mol. The number of nitrogens with zero attached hydrogens (tertiary/aromatic N) is 2. The van der Waals surface area contributed by atoms with E-state index < -0.39 is 0 Å². The zero-order valence-electron chi connectivity index (χ0n) is 12.9. The number of benzene rings is 1. The topological polar surface area (TPSA) is 66.6 Å². The largest absolute Gasteiger partial charge is 0.394 e. The molecule has 0 fully saturated rings. The highest BCUT2D eigenvalue weighted by molar-refractivity contribution is 5.95. The number of aliphatic hydroxyl groups excluding tert-OH is 1. The number of hydrogen-bond donors (Lipinski definition) is 2. The van der Waals surface area contributed by atoms with Crippen molar-refractivity contribution in [3.05, 3.63) is 60.4 Å². The molecular formula is C18H19N3O2. The van der Waals surface area contributed by atoms with Gasteiger partial charge in [0.2, 0.25) is 0 Å². The average molecular weight is 309 g/mol. The molecule has 0 saturated carbocycles. The number of hydrogen-bond acceptors (Lipinski definition) is 3. The summed E-state index contributed by atoms with van der Waals surface area (Å²) in [4.78, 5) is 16.8. The van der Waals surface area contributed by atoms with Gasteiger partial charge in [0.15, 0.2) is 0 Å². The lowest BCUT2D eigenvalue weighted by atomic mass is 10.2. The molecule has 3 aromatic rings. The maximum atomic E-state index is 12.2. The number of nitrogens with one attached hydrogen (secondary N) is 1. The quantitative estimate of drug-likeness (QED) is 0.761. The first-order valence-electron chi connectivity index (χ1n) is 7.67. The second-order valence-electron chi connectivity index (χ2n) is 5.43. The van der Waals surface area contributed by atoms with E-state index in [1.54, 1.807) is 12.1 Å². The van der Waals surface area contributed by atoms with Gasteiger partial charge in [-0.2, -0.15) is 0 Å². The number of fused-ring (bicyclic) bond motifs is 1. The molecule has 1 amide bonds. The standard InChI is InChI=1S/C18H19N3O2/c1-2-15(12-22)19-18(23)14-8-9-21-11-16(20-17(21)10-14)13-6-4-3-5-7-13/h3-11,15,22H,2,12H2,1H3,(H,19,23). The van der Waals surface area contributed by atoms with Crippen LogP contribution in [0.4, 0.5) is 0 Å². The van der Waals surface area contributed by atoms with E-state index in [-0.39, 0.29) is 18.6 Å². The summed E-state index contributed by atoms with van der Waals surface area (Å²) in [6, 6.07) is 13.2. The number of rotatable bonds is 5. The molecule has 0 aliphatic carbocycles. The van der Waals surface area contributed by atoms with Gasteiger partial charge < -0.3 is 14.8 Å². The number of carbonyl (C=O) groups excluding carboxylic acids is 1. The zero-order chi connectivity index (χ0) is 16.2. The second kappa shape index (κ2) is 6.62. The highest BCUT2D eigenvalue weighted by atomic mass is 16.3. The fourth-order valence-electron chi connectivity index (χ4n) is 2.42. The summed E-state index contributed by atoms with van der Waals surface area (Å²) in [5, 5.41) is 12.0. The van der Waals surface area contributed by atoms with Gasteiger partial charge in [0.05, 0.1) is 18.3 Å². The van der Waals surface area contributed by atoms with Crippen LogP contribution >= 0.6 is 0 Å². The molecule has 2 N–H and O–H groups in total. The highest BCUT2D eigenvalue weighted by Gasteiger charge is 2.13. The van der Waals surface area contributed by atoms with Gasteiger partial charge in [0.25, 0.3) is 5.91 Å². The molecule has 0 aliphatic heterocycles. The fraction of sp³-hybridized carbons (Fsp3) is 0.222. The third-order valence-corrected chi connectivity index (χ3v) is 3.84. The molecule has 23 heavy (non-hydrogen) atoms. The maximum Gasteiger partial charge on any atom is 0.251 e. The molecule has 0 bridgehead atoms. The van der Waals surface area contributed by atoms with Crippen molar-refractivity contribution in [3.63, 3.8) is 0 Å². The van der Waals surface area contributed by atoms with Crippen molar-refractivity contribution in [2.24, 2.45) is 0 Å². The normalized spacial score (nSPS) is 12.3. The Balaban J connectivity index is 1.89. The summed E-state index contributed by atoms with van der Waals surface area (Å²) in [5.41, 5.74) is 3.15. The van der Waals surface area contributed by atoms with Crippen LogP contribution in [-0.4, -0.2) is 33.0 Å². The van der Waals surface area contributed by atoms with Crippen LogP contribution in [0.3, 0.4) is 0 Å². The van der Waals surface area contributed by atoms with E-state index in [0.29, 0.717) is 17.6 Å². The average Bonchev–Trinajstić information content (AvgIpc) is 3.03. The Bertz CT molecular complexity index is 808. The van der Waals surface area contributed by atoms with Crippen LogP contribution in [-0.2, 0) is 0 Å². The number of pyridine rings is 1. The van der Waals surface area contributed by atoms with E-state index in [4.69, 9.17) is 0 Å². The summed E-state index contributed by atoms with van der Waals surface area (Å²) in [6.45, 7) is 1.86. The Morgan fingerprint density at radius 1 is 1.30 bits per heavy atom. The summed E-state index contributed by atoms with van der Waals surface area (Å²) in [5.74, 6) is -0.197. The second-order valence-corrected chi connectivity index (χ2v) is 5.43. The van der Waals surface area contributed by atoms with Crippen molar-refractivity contribution in [2.45, 2.75) is 19.4 Å². The summed E-state index contributed by atoms with van der Waals surface area (Å²) in [7, 11) is 0. The molecule has 118 valence electrons. The van der Waals surface area contributed by atoms with E-state index in [1.807, 2.05) is 54.0 Å². The molecule has 5 nitrogen and oxygen atoms in total. The summed E-state index contributed by atoms with van der Waals surface area (Å²) >= 11 is 0. The first-order valence-corrected chi connectivity index (χ1v) is 7.67. The van der Waals surface area contributed by atoms with Gasteiger partial charge in [0, 0.05) is 23.5 Å². The lowest BCUT2D eigenvalue weighted by Gasteiger charge is -2.13. The van der Waals surface area contributed by atoms with E-state index in [9.17, 15) is 9.90 Å². The van der Waals surface area contributed by atoms with Crippen LogP contribution in [0.5, 0.6) is 0 Å². The van der Waals surface area contributed by atoms with Gasteiger partial charge in [-0.1, -0.05) is 37.3 Å². The zero-order valence-corrected chi connectivity index (χ0v) is 12.9. The van der Waals surface area contributed by atoms with Gasteiger partial charge in [-0.05, 0) is 18.6 Å².